The highest BCUT2D eigenvalue weighted by Crippen LogP contribution is 2.39. The third-order valence-electron chi connectivity index (χ3n) is 5.84. The molecule has 1 atom stereocenters. The van der Waals surface area contributed by atoms with Crippen molar-refractivity contribution in [3.63, 3.8) is 0 Å². The number of nitrogens with zero attached hydrogens (tertiary/aromatic N) is 2. The molecule has 136 valence electrons. The fourth-order valence-corrected chi connectivity index (χ4v) is 4.25. The first kappa shape index (κ1) is 18.2. The van der Waals surface area contributed by atoms with Gasteiger partial charge >= 0.3 is 0 Å². The fourth-order valence-electron chi connectivity index (χ4n) is 4.25. The van der Waals surface area contributed by atoms with Gasteiger partial charge < -0.3 is 9.80 Å². The average molecular weight is 341 g/mol. The summed E-state index contributed by atoms with van der Waals surface area (Å²) >= 11 is 0. The van der Waals surface area contributed by atoms with Crippen LogP contribution in [0.15, 0.2) is 30.3 Å². The van der Waals surface area contributed by atoms with E-state index in [9.17, 15) is 4.79 Å². The van der Waals surface area contributed by atoms with Crippen molar-refractivity contribution in [2.45, 2.75) is 65.5 Å². The Bertz CT molecular complexity index is 641. The molecule has 0 radical (unpaired) electrons. The largest absolute Gasteiger partial charge is 0.305 e. The number of carbonyl (C=O) groups excluding carboxylic acids is 1. The normalized spacial score (nSPS) is 22.0. The molecule has 1 amide bonds. The number of hydrogen-bond acceptors (Lipinski definition) is 2. The second kappa shape index (κ2) is 7.74. The predicted octanol–water partition coefficient (Wildman–Crippen LogP) is 4.73. The zero-order chi connectivity index (χ0) is 18.0. The zero-order valence-electron chi connectivity index (χ0n) is 16.2. The first-order valence-electron chi connectivity index (χ1n) is 9.86. The van der Waals surface area contributed by atoms with Crippen LogP contribution in [0.1, 0.15) is 58.9 Å². The first-order chi connectivity index (χ1) is 12.0. The molecule has 0 bridgehead atoms. The van der Waals surface area contributed by atoms with Gasteiger partial charge in [0, 0.05) is 36.3 Å². The monoisotopic (exact) mass is 340 g/mol. The van der Waals surface area contributed by atoms with Crippen LogP contribution in [-0.4, -0.2) is 36.0 Å². The van der Waals surface area contributed by atoms with Crippen molar-refractivity contribution in [1.29, 1.82) is 0 Å². The highest BCUT2D eigenvalue weighted by Gasteiger charge is 2.37. The number of piperidine rings is 1. The van der Waals surface area contributed by atoms with Crippen LogP contribution in [-0.2, 0) is 4.79 Å². The van der Waals surface area contributed by atoms with Gasteiger partial charge in [-0.05, 0) is 51.5 Å². The van der Waals surface area contributed by atoms with Crippen LogP contribution in [0.5, 0.6) is 0 Å². The van der Waals surface area contributed by atoms with Gasteiger partial charge in [-0.2, -0.15) is 0 Å². The van der Waals surface area contributed by atoms with Crippen LogP contribution in [0.3, 0.4) is 0 Å². The van der Waals surface area contributed by atoms with E-state index in [-0.39, 0.29) is 5.91 Å². The van der Waals surface area contributed by atoms with Gasteiger partial charge in [0.1, 0.15) is 0 Å². The number of benzene rings is 1. The molecule has 0 aliphatic carbocycles. The van der Waals surface area contributed by atoms with E-state index in [0.29, 0.717) is 12.1 Å². The Labute approximate surface area is 152 Å². The minimum atomic E-state index is 0.190. The van der Waals surface area contributed by atoms with E-state index in [0.717, 1.165) is 48.7 Å². The molecule has 2 aliphatic heterocycles. The van der Waals surface area contributed by atoms with E-state index in [1.54, 1.807) is 0 Å². The highest BCUT2D eigenvalue weighted by molar-refractivity contribution is 6.32. The van der Waals surface area contributed by atoms with Crippen LogP contribution in [0, 0.1) is 5.92 Å². The quantitative estimate of drug-likeness (QED) is 0.724. The number of fused-ring (bicyclic) bond motifs is 1. The number of anilines is 1. The second-order valence-corrected chi connectivity index (χ2v) is 7.98. The van der Waals surface area contributed by atoms with Crippen molar-refractivity contribution in [2.24, 2.45) is 5.92 Å². The zero-order valence-corrected chi connectivity index (χ0v) is 16.2. The van der Waals surface area contributed by atoms with Gasteiger partial charge in [0.15, 0.2) is 0 Å². The van der Waals surface area contributed by atoms with Gasteiger partial charge in [-0.1, -0.05) is 38.1 Å². The number of hydrogen-bond donors (Lipinski definition) is 0. The number of allylic oxidation sites excluding steroid dienone is 1. The molecule has 2 heterocycles. The van der Waals surface area contributed by atoms with Crippen molar-refractivity contribution in [2.75, 3.05) is 18.0 Å². The molecule has 2 aliphatic rings. The molecule has 0 N–H and O–H groups in total. The van der Waals surface area contributed by atoms with Crippen molar-refractivity contribution in [3.05, 3.63) is 35.9 Å². The van der Waals surface area contributed by atoms with Crippen molar-refractivity contribution in [3.8, 4) is 0 Å². The molecule has 1 saturated heterocycles. The van der Waals surface area contributed by atoms with Crippen molar-refractivity contribution in [1.82, 2.24) is 4.90 Å². The van der Waals surface area contributed by atoms with Crippen molar-refractivity contribution < 1.29 is 4.79 Å². The molecule has 1 fully saturated rings. The Morgan fingerprint density at radius 2 is 1.80 bits per heavy atom. The molecule has 0 saturated carbocycles. The molecule has 25 heavy (non-hydrogen) atoms. The highest BCUT2D eigenvalue weighted by atomic mass is 16.2. The molecule has 0 spiro atoms. The lowest BCUT2D eigenvalue weighted by Gasteiger charge is -2.39. The predicted molar refractivity (Wildman–Crippen MR) is 106 cm³/mol. The van der Waals surface area contributed by atoms with Crippen LogP contribution in [0.2, 0.25) is 0 Å². The molecule has 3 rings (SSSR count). The molecule has 1 aromatic carbocycles. The summed E-state index contributed by atoms with van der Waals surface area (Å²) in [7, 11) is 0. The summed E-state index contributed by atoms with van der Waals surface area (Å²) in [5.41, 5.74) is 3.07. The van der Waals surface area contributed by atoms with Gasteiger partial charge in [0.05, 0.1) is 5.69 Å². The van der Waals surface area contributed by atoms with Crippen LogP contribution < -0.4 is 4.90 Å². The Balaban J connectivity index is 1.66. The summed E-state index contributed by atoms with van der Waals surface area (Å²) in [5, 5.41) is 0. The van der Waals surface area contributed by atoms with E-state index >= 15 is 0 Å². The summed E-state index contributed by atoms with van der Waals surface area (Å²) in [4.78, 5) is 17.6. The van der Waals surface area contributed by atoms with Crippen LogP contribution >= 0.6 is 0 Å². The minimum Gasteiger partial charge on any atom is -0.305 e. The molecule has 1 aromatic rings. The van der Waals surface area contributed by atoms with E-state index in [4.69, 9.17) is 0 Å². The number of amides is 1. The maximum atomic E-state index is 12.9. The van der Waals surface area contributed by atoms with Gasteiger partial charge in [-0.25, -0.2) is 0 Å². The fraction of sp³-hybridized carbons (Fsp3) is 0.591. The van der Waals surface area contributed by atoms with Gasteiger partial charge in [-0.3, -0.25) is 4.79 Å². The van der Waals surface area contributed by atoms with Crippen molar-refractivity contribution >= 4 is 17.2 Å². The summed E-state index contributed by atoms with van der Waals surface area (Å²) in [5.74, 6) is 0.966. The molecule has 3 nitrogen and oxygen atoms in total. The van der Waals surface area contributed by atoms with Gasteiger partial charge in [-0.15, -0.1) is 0 Å². The Hall–Kier alpha value is -1.61. The SMILES string of the molecule is CC=C1C(=O)N(C2CCN(C(C)CCC(C)C)CC2)c2ccccc21. The second-order valence-electron chi connectivity index (χ2n) is 7.98. The number of rotatable bonds is 5. The lowest BCUT2D eigenvalue weighted by molar-refractivity contribution is -0.113. The maximum Gasteiger partial charge on any atom is 0.258 e. The first-order valence-corrected chi connectivity index (χ1v) is 9.86. The molecular weight excluding hydrogens is 308 g/mol. The van der Waals surface area contributed by atoms with E-state index < -0.39 is 0 Å². The number of carbonyl (C=O) groups is 1. The maximum absolute atomic E-state index is 12.9. The Morgan fingerprint density at radius 1 is 1.12 bits per heavy atom. The van der Waals surface area contributed by atoms with E-state index in [1.165, 1.54) is 12.8 Å². The van der Waals surface area contributed by atoms with Gasteiger partial charge in [0.25, 0.3) is 5.91 Å². The summed E-state index contributed by atoms with van der Waals surface area (Å²) in [6, 6.07) is 9.22. The lowest BCUT2D eigenvalue weighted by Crippen LogP contribution is -2.48. The summed E-state index contributed by atoms with van der Waals surface area (Å²) in [6.45, 7) is 11.1. The Kier molecular flexibility index (Phi) is 5.63. The van der Waals surface area contributed by atoms with E-state index in [2.05, 4.69) is 42.7 Å². The minimum absolute atomic E-state index is 0.190. The topological polar surface area (TPSA) is 23.6 Å². The third kappa shape index (κ3) is 3.67. The van der Waals surface area contributed by atoms with Crippen LogP contribution in [0.25, 0.3) is 5.57 Å². The number of para-hydroxylation sites is 1. The number of likely N-dealkylation sites (tertiary alicyclic amines) is 1. The Morgan fingerprint density at radius 3 is 2.44 bits per heavy atom. The third-order valence-corrected chi connectivity index (χ3v) is 5.84. The molecular formula is C22H32N2O. The van der Waals surface area contributed by atoms with Gasteiger partial charge in [0.2, 0.25) is 0 Å². The molecule has 3 heteroatoms. The summed E-state index contributed by atoms with van der Waals surface area (Å²) < 4.78 is 0. The molecule has 0 aromatic heterocycles. The van der Waals surface area contributed by atoms with E-state index in [1.807, 2.05) is 25.1 Å². The molecule has 1 unspecified atom stereocenters. The smallest absolute Gasteiger partial charge is 0.258 e. The summed E-state index contributed by atoms with van der Waals surface area (Å²) in [6.07, 6.45) is 6.68. The average Bonchev–Trinajstić information content (AvgIpc) is 2.91. The lowest BCUT2D eigenvalue weighted by atomic mass is 9.98. The standard InChI is InChI=1S/C22H32N2O/c1-5-19-20-8-6-7-9-21(20)24(22(19)25)18-12-14-23(15-13-18)17(4)11-10-16(2)3/h5-9,16-18H,10-15H2,1-4H3. The van der Waals surface area contributed by atoms with Crippen LogP contribution in [0.4, 0.5) is 5.69 Å².